The van der Waals surface area contributed by atoms with Crippen LogP contribution in [0.5, 0.6) is 0 Å². The molecule has 1 saturated heterocycles. The zero-order chi connectivity index (χ0) is 17.5. The summed E-state index contributed by atoms with van der Waals surface area (Å²) in [5.74, 6) is 0.340. The Kier molecular flexibility index (Phi) is 6.04. The highest BCUT2D eigenvalue weighted by molar-refractivity contribution is 7.13. The average Bonchev–Trinajstić information content (AvgIpc) is 3.12. The van der Waals surface area contributed by atoms with Crippen LogP contribution in [0.1, 0.15) is 6.42 Å². The summed E-state index contributed by atoms with van der Waals surface area (Å²) in [5, 5.41) is 19.7. The van der Waals surface area contributed by atoms with Crippen molar-refractivity contribution in [3.8, 4) is 0 Å². The number of nitrogens with one attached hydrogen (secondary N) is 2. The number of thiazole rings is 1. The lowest BCUT2D eigenvalue weighted by Gasteiger charge is -2.26. The summed E-state index contributed by atoms with van der Waals surface area (Å²) in [5.41, 5.74) is -0.177. The summed E-state index contributed by atoms with van der Waals surface area (Å²) >= 11 is 1.34. The van der Waals surface area contributed by atoms with Crippen LogP contribution in [-0.4, -0.2) is 64.2 Å². The Hall–Kier alpha value is -2.37. The lowest BCUT2D eigenvalue weighted by molar-refractivity contribution is -0.383. The van der Waals surface area contributed by atoms with E-state index in [0.29, 0.717) is 11.7 Å². The standard InChI is InChI=1S/C14H19N7O3S/c22-21(23)11-12(15-2-1-4-20-5-7-24-8-6-20)17-10-18-13(11)19-14-16-3-9-25-14/h3,9-10H,1-2,4-8H2,(H2,15,16,17,18,19). The fourth-order valence-electron chi connectivity index (χ4n) is 2.49. The number of hydrogen-bond acceptors (Lipinski definition) is 10. The third-order valence-electron chi connectivity index (χ3n) is 3.71. The van der Waals surface area contributed by atoms with Crippen molar-refractivity contribution in [3.63, 3.8) is 0 Å². The highest BCUT2D eigenvalue weighted by Crippen LogP contribution is 2.31. The van der Waals surface area contributed by atoms with Gasteiger partial charge in [0.05, 0.1) is 18.1 Å². The first-order valence-corrected chi connectivity index (χ1v) is 8.82. The van der Waals surface area contributed by atoms with Crippen LogP contribution in [-0.2, 0) is 4.74 Å². The van der Waals surface area contributed by atoms with E-state index in [1.165, 1.54) is 17.7 Å². The first-order valence-electron chi connectivity index (χ1n) is 7.94. The molecule has 134 valence electrons. The van der Waals surface area contributed by atoms with Gasteiger partial charge in [0.1, 0.15) is 6.33 Å². The molecule has 0 atom stereocenters. The minimum atomic E-state index is -0.486. The highest BCUT2D eigenvalue weighted by Gasteiger charge is 2.23. The summed E-state index contributed by atoms with van der Waals surface area (Å²) in [6.45, 7) is 4.88. The van der Waals surface area contributed by atoms with Crippen molar-refractivity contribution in [2.24, 2.45) is 0 Å². The van der Waals surface area contributed by atoms with E-state index in [4.69, 9.17) is 4.74 Å². The molecule has 2 aromatic heterocycles. The Morgan fingerprint density at radius 1 is 1.28 bits per heavy atom. The van der Waals surface area contributed by atoms with E-state index in [1.807, 2.05) is 0 Å². The molecule has 0 aromatic carbocycles. The molecule has 0 radical (unpaired) electrons. The smallest absolute Gasteiger partial charge is 0.353 e. The van der Waals surface area contributed by atoms with Gasteiger partial charge in [0.2, 0.25) is 11.6 Å². The topological polar surface area (TPSA) is 118 Å². The van der Waals surface area contributed by atoms with E-state index in [1.54, 1.807) is 11.6 Å². The third kappa shape index (κ3) is 4.81. The van der Waals surface area contributed by atoms with E-state index >= 15 is 0 Å². The maximum Gasteiger partial charge on any atom is 0.353 e. The van der Waals surface area contributed by atoms with E-state index in [9.17, 15) is 10.1 Å². The molecule has 11 heteroatoms. The molecule has 0 spiro atoms. The average molecular weight is 365 g/mol. The van der Waals surface area contributed by atoms with Gasteiger partial charge in [-0.1, -0.05) is 0 Å². The van der Waals surface area contributed by atoms with E-state index in [2.05, 4.69) is 30.5 Å². The van der Waals surface area contributed by atoms with Crippen molar-refractivity contribution >= 4 is 33.8 Å². The fourth-order valence-corrected chi connectivity index (χ4v) is 3.02. The number of ether oxygens (including phenoxy) is 1. The van der Waals surface area contributed by atoms with Gasteiger partial charge in [-0.25, -0.2) is 15.0 Å². The predicted molar refractivity (Wildman–Crippen MR) is 94.4 cm³/mol. The van der Waals surface area contributed by atoms with Gasteiger partial charge in [0, 0.05) is 31.2 Å². The summed E-state index contributed by atoms with van der Waals surface area (Å²) in [7, 11) is 0. The van der Waals surface area contributed by atoms with Crippen molar-refractivity contribution in [1.29, 1.82) is 0 Å². The third-order valence-corrected chi connectivity index (χ3v) is 4.40. The van der Waals surface area contributed by atoms with Gasteiger partial charge < -0.3 is 15.4 Å². The monoisotopic (exact) mass is 365 g/mol. The van der Waals surface area contributed by atoms with E-state index in [-0.39, 0.29) is 17.3 Å². The molecule has 1 aliphatic heterocycles. The molecule has 0 amide bonds. The van der Waals surface area contributed by atoms with Gasteiger partial charge in [-0.05, 0) is 13.0 Å². The second-order valence-electron chi connectivity index (χ2n) is 5.37. The molecule has 3 heterocycles. The molecule has 2 N–H and O–H groups in total. The number of anilines is 3. The Balaban J connectivity index is 1.60. The summed E-state index contributed by atoms with van der Waals surface area (Å²) in [4.78, 5) is 25.3. The Labute approximate surface area is 148 Å². The Morgan fingerprint density at radius 2 is 2.08 bits per heavy atom. The maximum atomic E-state index is 11.5. The molecule has 2 aromatic rings. The van der Waals surface area contributed by atoms with Gasteiger partial charge in [-0.15, -0.1) is 11.3 Å². The van der Waals surface area contributed by atoms with Crippen LogP contribution in [0.3, 0.4) is 0 Å². The summed E-state index contributed by atoms with van der Waals surface area (Å²) < 4.78 is 5.31. The van der Waals surface area contributed by atoms with Gasteiger partial charge in [-0.2, -0.15) is 0 Å². The molecular weight excluding hydrogens is 346 g/mol. The molecule has 0 saturated carbocycles. The largest absolute Gasteiger partial charge is 0.379 e. The van der Waals surface area contributed by atoms with Gasteiger partial charge in [0.15, 0.2) is 5.13 Å². The second kappa shape index (κ2) is 8.65. The lowest BCUT2D eigenvalue weighted by atomic mass is 10.3. The van der Waals surface area contributed by atoms with Crippen molar-refractivity contribution in [2.75, 3.05) is 50.0 Å². The van der Waals surface area contributed by atoms with Crippen LogP contribution >= 0.6 is 11.3 Å². The molecule has 10 nitrogen and oxygen atoms in total. The number of hydrogen-bond donors (Lipinski definition) is 2. The summed E-state index contributed by atoms with van der Waals surface area (Å²) in [6.07, 6.45) is 3.77. The van der Waals surface area contributed by atoms with Crippen LogP contribution in [0.4, 0.5) is 22.5 Å². The quantitative estimate of drug-likeness (QED) is 0.409. The molecule has 25 heavy (non-hydrogen) atoms. The van der Waals surface area contributed by atoms with E-state index < -0.39 is 4.92 Å². The molecule has 0 unspecified atom stereocenters. The number of morpholine rings is 1. The maximum absolute atomic E-state index is 11.5. The first-order chi connectivity index (χ1) is 12.2. The number of rotatable bonds is 8. The van der Waals surface area contributed by atoms with Crippen LogP contribution in [0.15, 0.2) is 17.9 Å². The van der Waals surface area contributed by atoms with Crippen molar-refractivity contribution in [1.82, 2.24) is 19.9 Å². The zero-order valence-corrected chi connectivity index (χ0v) is 14.4. The van der Waals surface area contributed by atoms with Gasteiger partial charge in [0.25, 0.3) is 0 Å². The normalized spacial score (nSPS) is 15.0. The molecule has 1 fully saturated rings. The molecular formula is C14H19N7O3S. The predicted octanol–water partition coefficient (Wildman–Crippen LogP) is 1.72. The minimum Gasteiger partial charge on any atom is -0.379 e. The SMILES string of the molecule is O=[N+]([O-])c1c(NCCCN2CCOCC2)ncnc1Nc1nccs1. The first kappa shape index (κ1) is 17.5. The van der Waals surface area contributed by atoms with Gasteiger partial charge >= 0.3 is 5.69 Å². The number of nitro groups is 1. The van der Waals surface area contributed by atoms with Crippen molar-refractivity contribution in [2.45, 2.75) is 6.42 Å². The molecule has 0 bridgehead atoms. The number of aromatic nitrogens is 3. The van der Waals surface area contributed by atoms with Crippen LogP contribution in [0.2, 0.25) is 0 Å². The second-order valence-corrected chi connectivity index (χ2v) is 6.27. The Bertz CT molecular complexity index is 692. The highest BCUT2D eigenvalue weighted by atomic mass is 32.1. The van der Waals surface area contributed by atoms with Gasteiger partial charge in [-0.3, -0.25) is 15.0 Å². The Morgan fingerprint density at radius 3 is 2.80 bits per heavy atom. The van der Waals surface area contributed by atoms with Crippen molar-refractivity contribution in [3.05, 3.63) is 28.0 Å². The van der Waals surface area contributed by atoms with Crippen LogP contribution in [0.25, 0.3) is 0 Å². The number of nitrogens with zero attached hydrogens (tertiary/aromatic N) is 5. The fraction of sp³-hybridized carbons (Fsp3) is 0.500. The van der Waals surface area contributed by atoms with Crippen LogP contribution < -0.4 is 10.6 Å². The lowest BCUT2D eigenvalue weighted by Crippen LogP contribution is -2.37. The molecule has 0 aliphatic carbocycles. The molecule has 1 aliphatic rings. The minimum absolute atomic E-state index is 0.130. The van der Waals surface area contributed by atoms with E-state index in [0.717, 1.165) is 39.3 Å². The van der Waals surface area contributed by atoms with Crippen LogP contribution in [0, 0.1) is 10.1 Å². The molecule has 3 rings (SSSR count). The zero-order valence-electron chi connectivity index (χ0n) is 13.6. The van der Waals surface area contributed by atoms with Crippen molar-refractivity contribution < 1.29 is 9.66 Å². The summed E-state index contributed by atoms with van der Waals surface area (Å²) in [6, 6.07) is 0.